The first kappa shape index (κ1) is 38.2. The zero-order valence-corrected chi connectivity index (χ0v) is 30.9. The van der Waals surface area contributed by atoms with Crippen molar-refractivity contribution in [2.45, 2.75) is 94.7 Å². The lowest BCUT2D eigenvalue weighted by Gasteiger charge is -2.21. The van der Waals surface area contributed by atoms with E-state index in [-0.39, 0.29) is 65.7 Å². The number of fused-ring (bicyclic) bond motifs is 3. The lowest BCUT2D eigenvalue weighted by Crippen LogP contribution is -2.43. The SMILES string of the molecule is Cc1nc(C(F)(F)F)ccc1-c1nc(O[C@@H]2C[C@@H](C(N)=O)N(C(=O)CCCCCC/C=C\[C@@H]3C[C@@H]3C(=O)NS(=O)(=O)C3CC3)C2)c2oc3ccccc3c2n1. The molecule has 1 aliphatic heterocycles. The largest absolute Gasteiger partial charge is 0.470 e. The van der Waals surface area contributed by atoms with Crippen molar-refractivity contribution in [1.82, 2.24) is 24.6 Å². The van der Waals surface area contributed by atoms with Crippen LogP contribution in [-0.4, -0.2) is 69.9 Å². The molecule has 3 aromatic heterocycles. The number of rotatable bonds is 15. The van der Waals surface area contributed by atoms with Gasteiger partial charge in [-0.05, 0) is 75.6 Å². The Bertz CT molecular complexity index is 2270. The highest BCUT2D eigenvalue weighted by molar-refractivity contribution is 7.90. The first-order valence-electron chi connectivity index (χ1n) is 18.4. The Balaban J connectivity index is 0.940. The van der Waals surface area contributed by atoms with Gasteiger partial charge in [-0.25, -0.2) is 18.4 Å². The van der Waals surface area contributed by atoms with E-state index in [1.54, 1.807) is 24.3 Å². The Kier molecular flexibility index (Phi) is 10.6. The van der Waals surface area contributed by atoms with Crippen LogP contribution in [0.15, 0.2) is 53.0 Å². The number of halogens is 3. The summed E-state index contributed by atoms with van der Waals surface area (Å²) >= 11 is 0. The van der Waals surface area contributed by atoms with Crippen LogP contribution in [-0.2, 0) is 30.6 Å². The van der Waals surface area contributed by atoms with E-state index in [4.69, 9.17) is 14.9 Å². The maximum Gasteiger partial charge on any atom is 0.433 e. The molecule has 1 saturated heterocycles. The van der Waals surface area contributed by atoms with E-state index in [0.29, 0.717) is 42.2 Å². The maximum absolute atomic E-state index is 13.3. The van der Waals surface area contributed by atoms with Crippen LogP contribution in [0.5, 0.6) is 5.88 Å². The number of nitrogens with two attached hydrogens (primary N) is 1. The summed E-state index contributed by atoms with van der Waals surface area (Å²) in [7, 11) is -3.53. The number of amides is 3. The third kappa shape index (κ3) is 8.61. The predicted molar refractivity (Wildman–Crippen MR) is 195 cm³/mol. The van der Waals surface area contributed by atoms with Crippen LogP contribution in [0.4, 0.5) is 13.2 Å². The fourth-order valence-electron chi connectivity index (χ4n) is 7.02. The molecule has 0 bridgehead atoms. The van der Waals surface area contributed by atoms with Crippen LogP contribution in [0.1, 0.15) is 75.6 Å². The van der Waals surface area contributed by atoms with Gasteiger partial charge < -0.3 is 19.8 Å². The number of allylic oxidation sites excluding steroid dienone is 2. The number of para-hydroxylation sites is 1. The molecule has 4 atom stereocenters. The van der Waals surface area contributed by atoms with Crippen molar-refractivity contribution in [2.75, 3.05) is 6.54 Å². The minimum absolute atomic E-state index is 0.00839. The molecule has 7 rings (SSSR count). The van der Waals surface area contributed by atoms with Crippen molar-refractivity contribution in [3.8, 4) is 17.3 Å². The topological polar surface area (TPSA) is 188 Å². The molecule has 292 valence electrons. The number of hydrogen-bond acceptors (Lipinski definition) is 10. The number of carbonyl (C=O) groups excluding carboxylic acids is 3. The van der Waals surface area contributed by atoms with Gasteiger partial charge in [0.1, 0.15) is 28.9 Å². The molecule has 4 heterocycles. The molecule has 2 saturated carbocycles. The summed E-state index contributed by atoms with van der Waals surface area (Å²) in [5.41, 5.74) is 6.08. The molecule has 3 amide bonds. The summed E-state index contributed by atoms with van der Waals surface area (Å²) in [6.45, 7) is 1.50. The molecule has 0 radical (unpaired) electrons. The molecule has 4 aromatic rings. The minimum atomic E-state index is -4.63. The first-order valence-corrected chi connectivity index (χ1v) is 20.0. The molecule has 1 aromatic carbocycles. The monoisotopic (exact) mass is 782 g/mol. The molecule has 0 unspecified atom stereocenters. The van der Waals surface area contributed by atoms with E-state index in [9.17, 15) is 36.0 Å². The quantitative estimate of drug-likeness (QED) is 0.111. The molecular weight excluding hydrogens is 742 g/mol. The molecule has 2 aliphatic carbocycles. The van der Waals surface area contributed by atoms with Crippen molar-refractivity contribution in [1.29, 1.82) is 0 Å². The summed E-state index contributed by atoms with van der Waals surface area (Å²) < 4.78 is 78.6. The standard InChI is InChI=1S/C38H41F3N6O7S/c1-21-25(16-17-30(43-21)38(39,40)41)35-44-32-26-11-8-9-12-29(26)54-33(32)37(45-35)53-23-19-28(34(42)49)47(20-23)31(48)13-7-5-3-2-4-6-10-22-18-27(22)36(50)46-55(51,52)24-14-15-24/h6,8-12,16-17,22-24,27-28H,2-5,7,13-15,18-20H2,1H3,(H2,42,49)(H,46,50)/b10-6-/t22-,23-,27+,28+/m1/s1. The number of aromatic nitrogens is 3. The Morgan fingerprint density at radius 2 is 1.80 bits per heavy atom. The van der Waals surface area contributed by atoms with E-state index < -0.39 is 51.1 Å². The van der Waals surface area contributed by atoms with E-state index in [0.717, 1.165) is 31.7 Å². The van der Waals surface area contributed by atoms with Gasteiger partial charge in [0.25, 0.3) is 5.88 Å². The number of alkyl halides is 3. The van der Waals surface area contributed by atoms with E-state index in [1.165, 1.54) is 17.9 Å². The Morgan fingerprint density at radius 1 is 1.04 bits per heavy atom. The molecular formula is C38H41F3N6O7S. The average molecular weight is 783 g/mol. The number of hydrogen-bond donors (Lipinski definition) is 2. The summed E-state index contributed by atoms with van der Waals surface area (Å²) in [6.07, 6.45) is 4.77. The number of nitrogens with zero attached hydrogens (tertiary/aromatic N) is 4. The van der Waals surface area contributed by atoms with Gasteiger partial charge in [0.2, 0.25) is 33.3 Å². The number of likely N-dealkylation sites (tertiary alicyclic amines) is 1. The van der Waals surface area contributed by atoms with Gasteiger partial charge in [-0.3, -0.25) is 19.1 Å². The normalized spacial score (nSPS) is 21.4. The highest BCUT2D eigenvalue weighted by Gasteiger charge is 2.45. The number of unbranched alkanes of at least 4 members (excludes halogenated alkanes) is 4. The van der Waals surface area contributed by atoms with Crippen molar-refractivity contribution in [3.63, 3.8) is 0 Å². The molecule has 55 heavy (non-hydrogen) atoms. The summed E-state index contributed by atoms with van der Waals surface area (Å²) in [4.78, 5) is 52.4. The van der Waals surface area contributed by atoms with Crippen LogP contribution in [0.25, 0.3) is 33.5 Å². The molecule has 17 heteroatoms. The lowest BCUT2D eigenvalue weighted by molar-refractivity contribution is -0.141. The fourth-order valence-corrected chi connectivity index (χ4v) is 8.38. The summed E-state index contributed by atoms with van der Waals surface area (Å²) in [5, 5.41) is 0.207. The number of aryl methyl sites for hydroxylation is 1. The number of primary amides is 1. The first-order chi connectivity index (χ1) is 26.2. The molecule has 0 spiro atoms. The smallest absolute Gasteiger partial charge is 0.433 e. The lowest BCUT2D eigenvalue weighted by atomic mass is 10.1. The number of benzene rings is 1. The van der Waals surface area contributed by atoms with Gasteiger partial charge in [-0.1, -0.05) is 37.1 Å². The third-order valence-electron chi connectivity index (χ3n) is 10.3. The number of carbonyl (C=O) groups is 3. The van der Waals surface area contributed by atoms with Crippen molar-refractivity contribution >= 4 is 49.8 Å². The Labute approximate surface area is 314 Å². The third-order valence-corrected chi connectivity index (χ3v) is 12.1. The van der Waals surface area contributed by atoms with Crippen molar-refractivity contribution in [2.24, 2.45) is 17.6 Å². The van der Waals surface area contributed by atoms with Crippen molar-refractivity contribution < 1.29 is 45.1 Å². The second kappa shape index (κ2) is 15.2. The van der Waals surface area contributed by atoms with Gasteiger partial charge in [0.05, 0.1) is 11.8 Å². The second-order valence-corrected chi connectivity index (χ2v) is 16.5. The maximum atomic E-state index is 13.3. The number of furan rings is 1. The fraction of sp³-hybridized carbons (Fsp3) is 0.474. The van der Waals surface area contributed by atoms with Gasteiger partial charge in [0, 0.05) is 35.4 Å². The van der Waals surface area contributed by atoms with E-state index in [2.05, 4.69) is 19.7 Å². The summed E-state index contributed by atoms with van der Waals surface area (Å²) in [6, 6.07) is 8.31. The number of ether oxygens (including phenoxy) is 1. The molecule has 13 nitrogen and oxygen atoms in total. The van der Waals surface area contributed by atoms with Gasteiger partial charge >= 0.3 is 6.18 Å². The van der Waals surface area contributed by atoms with Crippen LogP contribution in [0, 0.1) is 18.8 Å². The van der Waals surface area contributed by atoms with Gasteiger partial charge in [-0.2, -0.15) is 18.2 Å². The Morgan fingerprint density at radius 3 is 2.53 bits per heavy atom. The predicted octanol–water partition coefficient (Wildman–Crippen LogP) is 5.74. The second-order valence-electron chi connectivity index (χ2n) is 14.5. The Hall–Kier alpha value is -5.06. The van der Waals surface area contributed by atoms with Gasteiger partial charge in [-0.15, -0.1) is 0 Å². The van der Waals surface area contributed by atoms with Crippen LogP contribution in [0.3, 0.4) is 0 Å². The van der Waals surface area contributed by atoms with Gasteiger partial charge in [0.15, 0.2) is 5.82 Å². The van der Waals surface area contributed by atoms with Crippen LogP contribution in [0.2, 0.25) is 0 Å². The number of nitrogens with one attached hydrogen (secondary N) is 1. The minimum Gasteiger partial charge on any atom is -0.470 e. The summed E-state index contributed by atoms with van der Waals surface area (Å²) in [5.74, 6) is -1.49. The highest BCUT2D eigenvalue weighted by Crippen LogP contribution is 2.41. The molecule has 3 fully saturated rings. The van der Waals surface area contributed by atoms with E-state index >= 15 is 0 Å². The highest BCUT2D eigenvalue weighted by atomic mass is 32.2. The van der Waals surface area contributed by atoms with Crippen LogP contribution >= 0.6 is 0 Å². The number of sulfonamides is 1. The number of pyridine rings is 1. The van der Waals surface area contributed by atoms with Crippen LogP contribution < -0.4 is 15.2 Å². The zero-order valence-electron chi connectivity index (χ0n) is 30.0. The van der Waals surface area contributed by atoms with E-state index in [1.807, 2.05) is 12.2 Å². The zero-order chi connectivity index (χ0) is 39.1. The molecule has 3 aliphatic rings. The average Bonchev–Trinajstić information content (AvgIpc) is 4.06. The molecule has 3 N–H and O–H groups in total. The van der Waals surface area contributed by atoms with Crippen molar-refractivity contribution in [3.05, 3.63) is 59.9 Å².